The normalized spacial score (nSPS) is 10.9. The highest BCUT2D eigenvalue weighted by atomic mass is 19.1. The third-order valence-corrected chi connectivity index (χ3v) is 2.39. The standard InChI is InChI=1S/C12H8FN3O/c13-8-3-1-2-7-6-9(17-11(7)8)12-15-5-4-10(14)16-12/h1-6H,(H2,14,15,16). The number of furan rings is 1. The summed E-state index contributed by atoms with van der Waals surface area (Å²) in [6, 6.07) is 7.99. The van der Waals surface area contributed by atoms with Crippen LogP contribution in [0.2, 0.25) is 0 Å². The molecule has 0 radical (unpaired) electrons. The summed E-state index contributed by atoms with van der Waals surface area (Å²) in [5, 5.41) is 0.672. The molecule has 0 amide bonds. The van der Waals surface area contributed by atoms with Crippen LogP contribution in [0, 0.1) is 5.82 Å². The second-order valence-electron chi connectivity index (χ2n) is 3.57. The van der Waals surface area contributed by atoms with Crippen LogP contribution < -0.4 is 5.73 Å². The van der Waals surface area contributed by atoms with Crippen LogP contribution in [-0.4, -0.2) is 9.97 Å². The highest BCUT2D eigenvalue weighted by Crippen LogP contribution is 2.27. The minimum Gasteiger partial charge on any atom is -0.450 e. The molecule has 0 aliphatic heterocycles. The molecule has 2 heterocycles. The van der Waals surface area contributed by atoms with E-state index < -0.39 is 5.82 Å². The van der Waals surface area contributed by atoms with E-state index in [0.29, 0.717) is 22.8 Å². The van der Waals surface area contributed by atoms with Crippen LogP contribution in [-0.2, 0) is 0 Å². The van der Waals surface area contributed by atoms with Gasteiger partial charge in [0.2, 0.25) is 0 Å². The van der Waals surface area contributed by atoms with Gasteiger partial charge in [0.25, 0.3) is 0 Å². The topological polar surface area (TPSA) is 64.9 Å². The Kier molecular flexibility index (Phi) is 2.04. The lowest BCUT2D eigenvalue weighted by Crippen LogP contribution is -1.93. The number of rotatable bonds is 1. The van der Waals surface area contributed by atoms with Gasteiger partial charge in [0.05, 0.1) is 0 Å². The highest BCUT2D eigenvalue weighted by molar-refractivity contribution is 5.82. The number of nitrogen functional groups attached to an aromatic ring is 1. The number of halogens is 1. The van der Waals surface area contributed by atoms with Gasteiger partial charge in [0.15, 0.2) is 23.0 Å². The first-order chi connectivity index (χ1) is 8.24. The maximum Gasteiger partial charge on any atom is 0.197 e. The van der Waals surface area contributed by atoms with E-state index in [1.807, 2.05) is 0 Å². The number of nitrogens with two attached hydrogens (primary N) is 1. The fourth-order valence-corrected chi connectivity index (χ4v) is 1.63. The van der Waals surface area contributed by atoms with Crippen LogP contribution in [0.4, 0.5) is 10.2 Å². The molecule has 0 atom stereocenters. The average molecular weight is 229 g/mol. The maximum absolute atomic E-state index is 13.4. The van der Waals surface area contributed by atoms with Gasteiger partial charge in [-0.05, 0) is 18.2 Å². The van der Waals surface area contributed by atoms with E-state index in [-0.39, 0.29) is 5.58 Å². The summed E-state index contributed by atoms with van der Waals surface area (Å²) in [4.78, 5) is 8.05. The molecule has 0 saturated heterocycles. The lowest BCUT2D eigenvalue weighted by molar-refractivity contribution is 0.566. The molecule has 0 spiro atoms. The average Bonchev–Trinajstić information content (AvgIpc) is 2.74. The van der Waals surface area contributed by atoms with Crippen LogP contribution in [0.5, 0.6) is 0 Å². The van der Waals surface area contributed by atoms with Gasteiger partial charge in [0, 0.05) is 11.6 Å². The third kappa shape index (κ3) is 1.61. The van der Waals surface area contributed by atoms with Gasteiger partial charge < -0.3 is 10.2 Å². The highest BCUT2D eigenvalue weighted by Gasteiger charge is 2.11. The Morgan fingerprint density at radius 2 is 2.12 bits per heavy atom. The van der Waals surface area contributed by atoms with E-state index in [1.165, 1.54) is 12.3 Å². The van der Waals surface area contributed by atoms with Gasteiger partial charge in [0.1, 0.15) is 5.82 Å². The fraction of sp³-hybridized carbons (Fsp3) is 0. The molecule has 17 heavy (non-hydrogen) atoms. The Balaban J connectivity index is 2.22. The molecule has 0 aliphatic carbocycles. The third-order valence-electron chi connectivity index (χ3n) is 2.39. The van der Waals surface area contributed by atoms with Gasteiger partial charge in [-0.3, -0.25) is 0 Å². The summed E-state index contributed by atoms with van der Waals surface area (Å²) in [7, 11) is 0. The molecule has 3 aromatic rings. The molecule has 0 fully saturated rings. The van der Waals surface area contributed by atoms with Crippen LogP contribution in [0.15, 0.2) is 40.9 Å². The molecule has 4 nitrogen and oxygen atoms in total. The second-order valence-corrected chi connectivity index (χ2v) is 3.57. The van der Waals surface area contributed by atoms with E-state index in [9.17, 15) is 4.39 Å². The summed E-state index contributed by atoms with van der Waals surface area (Å²) in [6.07, 6.45) is 1.53. The zero-order valence-electron chi connectivity index (χ0n) is 8.72. The Labute approximate surface area is 95.9 Å². The fourth-order valence-electron chi connectivity index (χ4n) is 1.63. The number of para-hydroxylation sites is 1. The predicted octanol–water partition coefficient (Wildman–Crippen LogP) is 2.61. The second kappa shape index (κ2) is 3.55. The molecule has 2 N–H and O–H groups in total. The molecule has 3 rings (SSSR count). The summed E-state index contributed by atoms with van der Waals surface area (Å²) in [5.41, 5.74) is 5.76. The molecular formula is C12H8FN3O. The summed E-state index contributed by atoms with van der Waals surface area (Å²) >= 11 is 0. The molecule has 0 aliphatic rings. The Morgan fingerprint density at radius 1 is 1.24 bits per heavy atom. The molecule has 0 bridgehead atoms. The first kappa shape index (κ1) is 9.77. The van der Waals surface area contributed by atoms with Gasteiger partial charge >= 0.3 is 0 Å². The number of fused-ring (bicyclic) bond motifs is 1. The van der Waals surface area contributed by atoms with E-state index >= 15 is 0 Å². The van der Waals surface area contributed by atoms with Crippen molar-refractivity contribution >= 4 is 16.8 Å². The SMILES string of the molecule is Nc1ccnc(-c2cc3cccc(F)c3o2)n1. The van der Waals surface area contributed by atoms with Gasteiger partial charge in [-0.1, -0.05) is 12.1 Å². The molecule has 5 heteroatoms. The quantitative estimate of drug-likeness (QED) is 0.696. The number of hydrogen-bond donors (Lipinski definition) is 1. The molecule has 2 aromatic heterocycles. The van der Waals surface area contributed by atoms with Crippen LogP contribution in [0.3, 0.4) is 0 Å². The van der Waals surface area contributed by atoms with E-state index in [2.05, 4.69) is 9.97 Å². The monoisotopic (exact) mass is 229 g/mol. The molecule has 1 aromatic carbocycles. The van der Waals surface area contributed by atoms with Crippen LogP contribution >= 0.6 is 0 Å². The van der Waals surface area contributed by atoms with Crippen molar-refractivity contribution in [3.63, 3.8) is 0 Å². The Morgan fingerprint density at radius 3 is 2.88 bits per heavy atom. The van der Waals surface area contributed by atoms with Crippen molar-refractivity contribution in [2.24, 2.45) is 0 Å². The Hall–Kier alpha value is -2.43. The van der Waals surface area contributed by atoms with Crippen molar-refractivity contribution in [3.8, 4) is 11.6 Å². The molecule has 84 valence electrons. The number of aromatic nitrogens is 2. The summed E-state index contributed by atoms with van der Waals surface area (Å²) in [5.74, 6) is 0.687. The summed E-state index contributed by atoms with van der Waals surface area (Å²) < 4.78 is 18.8. The number of hydrogen-bond acceptors (Lipinski definition) is 4. The van der Waals surface area contributed by atoms with Crippen molar-refractivity contribution < 1.29 is 8.81 Å². The first-order valence-electron chi connectivity index (χ1n) is 5.01. The van der Waals surface area contributed by atoms with Crippen molar-refractivity contribution in [1.29, 1.82) is 0 Å². The van der Waals surface area contributed by atoms with Gasteiger partial charge in [-0.25, -0.2) is 14.4 Å². The van der Waals surface area contributed by atoms with Crippen LogP contribution in [0.1, 0.15) is 0 Å². The van der Waals surface area contributed by atoms with Gasteiger partial charge in [-0.15, -0.1) is 0 Å². The van der Waals surface area contributed by atoms with Crippen molar-refractivity contribution in [2.45, 2.75) is 0 Å². The van der Waals surface area contributed by atoms with Crippen molar-refractivity contribution in [3.05, 3.63) is 42.3 Å². The van der Waals surface area contributed by atoms with Gasteiger partial charge in [-0.2, -0.15) is 0 Å². The minimum absolute atomic E-state index is 0.202. The van der Waals surface area contributed by atoms with Crippen molar-refractivity contribution in [2.75, 3.05) is 5.73 Å². The lowest BCUT2D eigenvalue weighted by Gasteiger charge is -1.95. The van der Waals surface area contributed by atoms with E-state index in [0.717, 1.165) is 0 Å². The minimum atomic E-state index is -0.405. The maximum atomic E-state index is 13.4. The summed E-state index contributed by atoms with van der Waals surface area (Å²) in [6.45, 7) is 0. The zero-order valence-corrected chi connectivity index (χ0v) is 8.72. The number of anilines is 1. The Bertz CT molecular complexity index is 693. The van der Waals surface area contributed by atoms with E-state index in [1.54, 1.807) is 24.3 Å². The molecule has 0 unspecified atom stereocenters. The van der Waals surface area contributed by atoms with Crippen molar-refractivity contribution in [1.82, 2.24) is 9.97 Å². The first-order valence-corrected chi connectivity index (χ1v) is 5.01. The van der Waals surface area contributed by atoms with Crippen LogP contribution in [0.25, 0.3) is 22.6 Å². The lowest BCUT2D eigenvalue weighted by atomic mass is 10.2. The molecule has 0 saturated carbocycles. The predicted molar refractivity (Wildman–Crippen MR) is 61.6 cm³/mol. The largest absolute Gasteiger partial charge is 0.450 e. The number of nitrogens with zero attached hydrogens (tertiary/aromatic N) is 2. The number of benzene rings is 1. The smallest absolute Gasteiger partial charge is 0.197 e. The molecular weight excluding hydrogens is 221 g/mol. The van der Waals surface area contributed by atoms with E-state index in [4.69, 9.17) is 10.2 Å². The zero-order chi connectivity index (χ0) is 11.8.